The Morgan fingerprint density at radius 2 is 0.923 bits per heavy atom. The van der Waals surface area contributed by atoms with E-state index in [9.17, 15) is 0 Å². The molecule has 78 valence electrons. The third kappa shape index (κ3) is 5.20. The van der Waals surface area contributed by atoms with Crippen molar-refractivity contribution in [3.8, 4) is 0 Å². The fraction of sp³-hybridized carbons (Fsp3) is 1.00. The molecule has 0 unspecified atom stereocenters. The number of aliphatic hydroxyl groups excluding tert-OH is 6. The summed E-state index contributed by atoms with van der Waals surface area (Å²) < 4.78 is 0. The molecule has 0 spiro atoms. The Morgan fingerprint density at radius 3 is 1.08 bits per heavy atom. The van der Waals surface area contributed by atoms with Gasteiger partial charge in [0.05, 0.1) is 13.2 Å². The number of rotatable bonds is 5. The summed E-state index contributed by atoms with van der Waals surface area (Å²) in [5.74, 6) is 0. The van der Waals surface area contributed by atoms with Crippen LogP contribution < -0.4 is 0 Å². The maximum Gasteiger partial charge on any atom is 0.111 e. The van der Waals surface area contributed by atoms with Gasteiger partial charge >= 0.3 is 0 Å². The smallest absolute Gasteiger partial charge is 0.111 e. The minimum absolute atomic E-state index is 0. The van der Waals surface area contributed by atoms with E-state index in [4.69, 9.17) is 30.6 Å². The Labute approximate surface area is 95.6 Å². The standard InChI is InChI=1S/C6H14O6.Pb/c7-1-3(9)5(11)6(12)4(10)2-8;/h3-12H,1-2H2;/t3-,4+,5-,6-;/m1./s1. The van der Waals surface area contributed by atoms with Gasteiger partial charge in [-0.15, -0.1) is 0 Å². The molecular formula is C6H14O6Pb. The summed E-state index contributed by atoms with van der Waals surface area (Å²) in [6.07, 6.45) is -6.39. The van der Waals surface area contributed by atoms with Crippen molar-refractivity contribution in [3.63, 3.8) is 0 Å². The van der Waals surface area contributed by atoms with E-state index in [1.54, 1.807) is 0 Å². The van der Waals surface area contributed by atoms with Crippen LogP contribution in [0.1, 0.15) is 0 Å². The van der Waals surface area contributed by atoms with Crippen LogP contribution in [0.5, 0.6) is 0 Å². The average molecular weight is 389 g/mol. The van der Waals surface area contributed by atoms with Gasteiger partial charge in [0.15, 0.2) is 0 Å². The van der Waals surface area contributed by atoms with E-state index in [-0.39, 0.29) is 27.3 Å². The van der Waals surface area contributed by atoms with Crippen molar-refractivity contribution in [2.24, 2.45) is 0 Å². The molecule has 0 amide bonds. The molecule has 7 heteroatoms. The predicted molar refractivity (Wildman–Crippen MR) is 44.0 cm³/mol. The predicted octanol–water partition coefficient (Wildman–Crippen LogP) is -3.97. The molecule has 0 fully saturated rings. The summed E-state index contributed by atoms with van der Waals surface area (Å²) in [6, 6.07) is 0. The monoisotopic (exact) mass is 390 g/mol. The molecule has 0 bridgehead atoms. The van der Waals surface area contributed by atoms with E-state index in [1.807, 2.05) is 0 Å². The first-order chi connectivity index (χ1) is 5.54. The SMILES string of the molecule is OC[C@@H](O)[C@@H](O)[C@H](O)[C@@H](O)CO.[Pb]. The molecule has 13 heavy (non-hydrogen) atoms. The van der Waals surface area contributed by atoms with Crippen LogP contribution in [-0.2, 0) is 0 Å². The van der Waals surface area contributed by atoms with Crippen molar-refractivity contribution >= 4 is 27.3 Å². The number of aliphatic hydroxyl groups is 6. The zero-order chi connectivity index (χ0) is 9.72. The van der Waals surface area contributed by atoms with Crippen LogP contribution >= 0.6 is 0 Å². The van der Waals surface area contributed by atoms with Crippen molar-refractivity contribution in [1.29, 1.82) is 0 Å². The van der Waals surface area contributed by atoms with Gasteiger partial charge in [-0.3, -0.25) is 0 Å². The summed E-state index contributed by atoms with van der Waals surface area (Å²) in [7, 11) is 0. The maximum atomic E-state index is 8.96. The fourth-order valence-corrected chi connectivity index (χ4v) is 0.671. The molecule has 0 rings (SSSR count). The normalized spacial score (nSPS) is 19.8. The molecule has 0 aliphatic heterocycles. The van der Waals surface area contributed by atoms with Gasteiger partial charge in [0.25, 0.3) is 0 Å². The number of hydrogen-bond acceptors (Lipinski definition) is 6. The molecule has 0 aromatic rings. The van der Waals surface area contributed by atoms with Gasteiger partial charge in [-0.2, -0.15) is 0 Å². The van der Waals surface area contributed by atoms with E-state index >= 15 is 0 Å². The maximum absolute atomic E-state index is 8.96. The van der Waals surface area contributed by atoms with E-state index in [1.165, 1.54) is 0 Å². The van der Waals surface area contributed by atoms with Crippen LogP contribution in [0.4, 0.5) is 0 Å². The van der Waals surface area contributed by atoms with Gasteiger partial charge in [-0.05, 0) is 0 Å². The van der Waals surface area contributed by atoms with Crippen LogP contribution in [0.2, 0.25) is 0 Å². The number of hydrogen-bond donors (Lipinski definition) is 6. The van der Waals surface area contributed by atoms with Crippen molar-refractivity contribution in [2.45, 2.75) is 24.4 Å². The minimum atomic E-state index is -1.67. The van der Waals surface area contributed by atoms with E-state index < -0.39 is 37.6 Å². The molecule has 0 aliphatic carbocycles. The molecule has 0 aliphatic rings. The first kappa shape index (κ1) is 16.1. The van der Waals surface area contributed by atoms with Gasteiger partial charge < -0.3 is 30.6 Å². The average Bonchev–Trinajstić information content (AvgIpc) is 2.12. The topological polar surface area (TPSA) is 121 Å². The van der Waals surface area contributed by atoms with E-state index in [0.717, 1.165) is 0 Å². The molecule has 0 aromatic carbocycles. The van der Waals surface area contributed by atoms with Gasteiger partial charge in [-0.1, -0.05) is 0 Å². The first-order valence-electron chi connectivity index (χ1n) is 3.48. The van der Waals surface area contributed by atoms with Gasteiger partial charge in [0.1, 0.15) is 24.4 Å². The second-order valence-corrected chi connectivity index (χ2v) is 2.48. The molecule has 6 N–H and O–H groups in total. The Morgan fingerprint density at radius 1 is 0.692 bits per heavy atom. The Balaban J connectivity index is 0. The second kappa shape index (κ2) is 8.03. The van der Waals surface area contributed by atoms with Crippen LogP contribution in [0.25, 0.3) is 0 Å². The van der Waals surface area contributed by atoms with Crippen LogP contribution in [-0.4, -0.2) is 95.6 Å². The molecule has 0 saturated heterocycles. The van der Waals surface area contributed by atoms with Crippen molar-refractivity contribution in [1.82, 2.24) is 0 Å². The van der Waals surface area contributed by atoms with Crippen molar-refractivity contribution in [2.75, 3.05) is 13.2 Å². The molecule has 6 nitrogen and oxygen atoms in total. The Kier molecular flexibility index (Phi) is 9.96. The molecule has 4 atom stereocenters. The summed E-state index contributed by atoms with van der Waals surface area (Å²) >= 11 is 0. The third-order valence-electron chi connectivity index (χ3n) is 1.51. The van der Waals surface area contributed by atoms with Gasteiger partial charge in [0, 0.05) is 27.3 Å². The molecule has 4 radical (unpaired) electrons. The molecule has 0 aromatic heterocycles. The summed E-state index contributed by atoms with van der Waals surface area (Å²) in [5.41, 5.74) is 0. The first-order valence-corrected chi connectivity index (χ1v) is 3.48. The third-order valence-corrected chi connectivity index (χ3v) is 1.51. The van der Waals surface area contributed by atoms with Crippen LogP contribution in [0.15, 0.2) is 0 Å². The molecular weight excluding hydrogens is 375 g/mol. The summed E-state index contributed by atoms with van der Waals surface area (Å²) in [4.78, 5) is 0. The molecule has 0 saturated carbocycles. The summed E-state index contributed by atoms with van der Waals surface area (Å²) in [5, 5.41) is 52.2. The van der Waals surface area contributed by atoms with Crippen LogP contribution in [0.3, 0.4) is 0 Å². The van der Waals surface area contributed by atoms with Gasteiger partial charge in [0.2, 0.25) is 0 Å². The second-order valence-electron chi connectivity index (χ2n) is 2.48. The quantitative estimate of drug-likeness (QED) is 0.267. The van der Waals surface area contributed by atoms with Crippen LogP contribution in [0, 0.1) is 0 Å². The minimum Gasteiger partial charge on any atom is -0.394 e. The van der Waals surface area contributed by atoms with Gasteiger partial charge in [-0.25, -0.2) is 0 Å². The molecule has 0 heterocycles. The fourth-order valence-electron chi connectivity index (χ4n) is 0.671. The van der Waals surface area contributed by atoms with Crippen molar-refractivity contribution < 1.29 is 30.6 Å². The Bertz CT molecular complexity index is 110. The van der Waals surface area contributed by atoms with Crippen molar-refractivity contribution in [3.05, 3.63) is 0 Å². The summed E-state index contributed by atoms with van der Waals surface area (Å²) in [6.45, 7) is -1.45. The zero-order valence-corrected chi connectivity index (χ0v) is 10.8. The zero-order valence-electron chi connectivity index (χ0n) is 6.91. The largest absolute Gasteiger partial charge is 0.394 e. The Hall–Kier alpha value is 0.682. The van der Waals surface area contributed by atoms with E-state index in [2.05, 4.69) is 0 Å². The van der Waals surface area contributed by atoms with E-state index in [0.29, 0.717) is 0 Å².